The quantitative estimate of drug-likeness (QED) is 0.686. The highest BCUT2D eigenvalue weighted by Crippen LogP contribution is 2.30. The standard InChI is InChI=1S/C16H16ClN7O2S/c17-11-2-1-3-12(8-11)22-4-6-23(7-5-22)16-18-9-13(27-16)15-19-21-24(20-15)10-14(25)26/h1-3,8-9H,4-7,10H2,(H,25,26). The molecule has 0 bridgehead atoms. The Labute approximate surface area is 163 Å². The van der Waals surface area contributed by atoms with E-state index >= 15 is 0 Å². The van der Waals surface area contributed by atoms with Crippen molar-refractivity contribution in [3.05, 3.63) is 35.5 Å². The van der Waals surface area contributed by atoms with E-state index in [-0.39, 0.29) is 6.54 Å². The third kappa shape index (κ3) is 4.01. The fraction of sp³-hybridized carbons (Fsp3) is 0.312. The van der Waals surface area contributed by atoms with Crippen molar-refractivity contribution in [2.24, 2.45) is 0 Å². The van der Waals surface area contributed by atoms with E-state index in [9.17, 15) is 4.79 Å². The highest BCUT2D eigenvalue weighted by atomic mass is 35.5. The van der Waals surface area contributed by atoms with Crippen molar-refractivity contribution in [1.29, 1.82) is 0 Å². The highest BCUT2D eigenvalue weighted by Gasteiger charge is 2.21. The maximum atomic E-state index is 10.7. The van der Waals surface area contributed by atoms with Crippen molar-refractivity contribution in [3.8, 4) is 10.7 Å². The van der Waals surface area contributed by atoms with E-state index < -0.39 is 5.97 Å². The number of carboxylic acids is 1. The van der Waals surface area contributed by atoms with Crippen LogP contribution in [0.4, 0.5) is 10.8 Å². The highest BCUT2D eigenvalue weighted by molar-refractivity contribution is 7.18. The lowest BCUT2D eigenvalue weighted by Gasteiger charge is -2.36. The molecule has 0 atom stereocenters. The monoisotopic (exact) mass is 405 g/mol. The zero-order chi connectivity index (χ0) is 18.8. The molecule has 3 heterocycles. The van der Waals surface area contributed by atoms with Crippen LogP contribution in [0.1, 0.15) is 0 Å². The number of hydrogen-bond donors (Lipinski definition) is 1. The number of benzene rings is 1. The number of hydrogen-bond acceptors (Lipinski definition) is 8. The summed E-state index contributed by atoms with van der Waals surface area (Å²) in [5.41, 5.74) is 1.13. The Bertz CT molecular complexity index is 952. The van der Waals surface area contributed by atoms with Gasteiger partial charge in [-0.05, 0) is 23.4 Å². The number of aromatic nitrogens is 5. The first-order valence-electron chi connectivity index (χ1n) is 8.30. The Kier molecular flexibility index (Phi) is 4.90. The first-order chi connectivity index (χ1) is 13.1. The first kappa shape index (κ1) is 17.7. The van der Waals surface area contributed by atoms with Crippen LogP contribution in [0, 0.1) is 0 Å². The second-order valence-corrected chi connectivity index (χ2v) is 7.44. The third-order valence-electron chi connectivity index (χ3n) is 4.17. The Balaban J connectivity index is 1.41. The van der Waals surface area contributed by atoms with Gasteiger partial charge >= 0.3 is 5.97 Å². The topological polar surface area (TPSA) is 100 Å². The van der Waals surface area contributed by atoms with E-state index in [2.05, 4.69) is 36.3 Å². The van der Waals surface area contributed by atoms with Gasteiger partial charge in [-0.15, -0.1) is 10.2 Å². The summed E-state index contributed by atoms with van der Waals surface area (Å²) >= 11 is 7.56. The first-order valence-corrected chi connectivity index (χ1v) is 9.49. The van der Waals surface area contributed by atoms with Gasteiger partial charge in [0.05, 0.1) is 11.1 Å². The lowest BCUT2D eigenvalue weighted by molar-refractivity contribution is -0.138. The van der Waals surface area contributed by atoms with Gasteiger partial charge in [-0.25, -0.2) is 4.98 Å². The third-order valence-corrected chi connectivity index (χ3v) is 5.46. The van der Waals surface area contributed by atoms with Crippen molar-refractivity contribution in [2.45, 2.75) is 6.54 Å². The average Bonchev–Trinajstić information content (AvgIpc) is 3.31. The van der Waals surface area contributed by atoms with Crippen LogP contribution in [0.5, 0.6) is 0 Å². The molecule has 4 rings (SSSR count). The van der Waals surface area contributed by atoms with Crippen LogP contribution in [0.15, 0.2) is 30.5 Å². The van der Waals surface area contributed by atoms with Crippen LogP contribution >= 0.6 is 22.9 Å². The summed E-state index contributed by atoms with van der Waals surface area (Å²) in [7, 11) is 0. The fourth-order valence-electron chi connectivity index (χ4n) is 2.87. The predicted octanol–water partition coefficient (Wildman–Crippen LogP) is 1.86. The van der Waals surface area contributed by atoms with Gasteiger partial charge in [0.15, 0.2) is 11.7 Å². The molecule has 2 aromatic heterocycles. The van der Waals surface area contributed by atoms with Gasteiger partial charge in [0, 0.05) is 36.9 Å². The number of tetrazole rings is 1. The summed E-state index contributed by atoms with van der Waals surface area (Å²) in [5, 5.41) is 22.2. The Morgan fingerprint density at radius 2 is 2.00 bits per heavy atom. The molecule has 27 heavy (non-hydrogen) atoms. The van der Waals surface area contributed by atoms with Crippen LogP contribution < -0.4 is 9.80 Å². The van der Waals surface area contributed by atoms with Gasteiger partial charge < -0.3 is 14.9 Å². The number of carboxylic acid groups (broad SMARTS) is 1. The molecule has 11 heteroatoms. The zero-order valence-electron chi connectivity index (χ0n) is 14.2. The maximum absolute atomic E-state index is 10.7. The normalized spacial score (nSPS) is 14.6. The van der Waals surface area contributed by atoms with E-state index in [0.717, 1.165) is 51.7 Å². The van der Waals surface area contributed by atoms with Crippen LogP contribution in [-0.2, 0) is 11.3 Å². The summed E-state index contributed by atoms with van der Waals surface area (Å²) in [4.78, 5) is 21.5. The van der Waals surface area contributed by atoms with Gasteiger partial charge in [-0.2, -0.15) is 4.80 Å². The van der Waals surface area contributed by atoms with E-state index in [1.807, 2.05) is 18.2 Å². The lowest BCUT2D eigenvalue weighted by Crippen LogP contribution is -2.46. The average molecular weight is 406 g/mol. The summed E-state index contributed by atoms with van der Waals surface area (Å²) in [6.45, 7) is 3.13. The van der Waals surface area contributed by atoms with Gasteiger partial charge in [-0.1, -0.05) is 29.0 Å². The molecule has 1 fully saturated rings. The SMILES string of the molecule is O=C(O)Cn1nnc(-c2cnc(N3CCN(c4cccc(Cl)c4)CC3)s2)n1. The number of thiazole rings is 1. The van der Waals surface area contributed by atoms with Crippen molar-refractivity contribution in [3.63, 3.8) is 0 Å². The number of nitrogens with zero attached hydrogens (tertiary/aromatic N) is 7. The predicted molar refractivity (Wildman–Crippen MR) is 102 cm³/mol. The molecule has 0 unspecified atom stereocenters. The number of anilines is 2. The Hall–Kier alpha value is -2.72. The fourth-order valence-corrected chi connectivity index (χ4v) is 3.95. The van der Waals surface area contributed by atoms with Crippen LogP contribution in [-0.4, -0.2) is 62.4 Å². The number of aliphatic carboxylic acids is 1. The van der Waals surface area contributed by atoms with E-state index in [4.69, 9.17) is 16.7 Å². The molecule has 1 aromatic carbocycles. The van der Waals surface area contributed by atoms with E-state index in [0.29, 0.717) is 5.82 Å². The maximum Gasteiger partial charge on any atom is 0.327 e. The van der Waals surface area contributed by atoms with Crippen molar-refractivity contribution in [1.82, 2.24) is 25.2 Å². The van der Waals surface area contributed by atoms with E-state index in [1.165, 1.54) is 11.3 Å². The lowest BCUT2D eigenvalue weighted by atomic mass is 10.2. The molecule has 140 valence electrons. The van der Waals surface area contributed by atoms with Crippen molar-refractivity contribution >= 4 is 39.7 Å². The number of piperazine rings is 1. The number of halogens is 1. The molecule has 9 nitrogen and oxygen atoms in total. The summed E-state index contributed by atoms with van der Waals surface area (Å²) < 4.78 is 0. The van der Waals surface area contributed by atoms with Gasteiger partial charge in [0.2, 0.25) is 5.82 Å². The summed E-state index contributed by atoms with van der Waals surface area (Å²) in [6.07, 6.45) is 1.70. The van der Waals surface area contributed by atoms with Crippen molar-refractivity contribution < 1.29 is 9.90 Å². The summed E-state index contributed by atoms with van der Waals surface area (Å²) in [5.74, 6) is -0.626. The van der Waals surface area contributed by atoms with Crippen molar-refractivity contribution in [2.75, 3.05) is 36.0 Å². The van der Waals surface area contributed by atoms with Gasteiger partial charge in [0.25, 0.3) is 0 Å². The number of carbonyl (C=O) groups is 1. The molecule has 3 aromatic rings. The molecule has 1 N–H and O–H groups in total. The molecule has 0 saturated carbocycles. The van der Waals surface area contributed by atoms with Crippen LogP contribution in [0.2, 0.25) is 5.02 Å². The molecule has 0 aliphatic carbocycles. The number of rotatable bonds is 5. The zero-order valence-corrected chi connectivity index (χ0v) is 15.8. The van der Waals surface area contributed by atoms with Crippen LogP contribution in [0.3, 0.4) is 0 Å². The molecular weight excluding hydrogens is 390 g/mol. The smallest absolute Gasteiger partial charge is 0.327 e. The Morgan fingerprint density at radius 1 is 1.22 bits per heavy atom. The summed E-state index contributed by atoms with van der Waals surface area (Å²) in [6, 6.07) is 7.88. The Morgan fingerprint density at radius 3 is 2.74 bits per heavy atom. The van der Waals surface area contributed by atoms with E-state index in [1.54, 1.807) is 6.20 Å². The second kappa shape index (κ2) is 7.49. The van der Waals surface area contributed by atoms with Crippen LogP contribution in [0.25, 0.3) is 10.7 Å². The van der Waals surface area contributed by atoms with Gasteiger partial charge in [-0.3, -0.25) is 4.79 Å². The van der Waals surface area contributed by atoms with Gasteiger partial charge in [0.1, 0.15) is 0 Å². The minimum Gasteiger partial charge on any atom is -0.480 e. The second-order valence-electron chi connectivity index (χ2n) is 6.00. The molecule has 0 radical (unpaired) electrons. The minimum atomic E-state index is -1.01. The molecule has 1 aliphatic rings. The molecule has 1 aliphatic heterocycles. The molecule has 0 amide bonds. The minimum absolute atomic E-state index is 0.315. The largest absolute Gasteiger partial charge is 0.480 e. The molecule has 1 saturated heterocycles. The molecular formula is C16H16ClN7O2S. The molecule has 0 spiro atoms.